The fraction of sp³-hybridized carbons (Fsp3) is 0.583. The summed E-state index contributed by atoms with van der Waals surface area (Å²) < 4.78 is 1.67. The van der Waals surface area contributed by atoms with E-state index in [1.165, 1.54) is 0 Å². The number of likely N-dealkylation sites (tertiary alicyclic amines) is 1. The van der Waals surface area contributed by atoms with Gasteiger partial charge in [-0.3, -0.25) is 9.58 Å². The third kappa shape index (κ3) is 2.21. The number of nitrogens with one attached hydrogen (secondary N) is 1. The normalized spacial score (nSPS) is 23.6. The predicted octanol–water partition coefficient (Wildman–Crippen LogP) is 0.594. The summed E-state index contributed by atoms with van der Waals surface area (Å²) in [6, 6.07) is 0. The smallest absolute Gasteiger partial charge is 0.131 e. The Balaban J connectivity index is 1.75. The number of hydrogen-bond acceptors (Lipinski definition) is 5. The number of rotatable bonds is 3. The molecule has 1 aliphatic rings. The van der Waals surface area contributed by atoms with Crippen LogP contribution in [0.15, 0.2) is 6.20 Å². The van der Waals surface area contributed by atoms with Gasteiger partial charge < -0.3 is 5.11 Å². The molecule has 108 valence electrons. The second kappa shape index (κ2) is 4.83. The lowest BCUT2D eigenvalue weighted by Crippen LogP contribution is -2.31. The maximum atomic E-state index is 10.6. The Morgan fingerprint density at radius 2 is 2.35 bits per heavy atom. The highest BCUT2D eigenvalue weighted by molar-refractivity contribution is 6.30. The molecule has 3 rings (SSSR count). The molecule has 1 fully saturated rings. The molecular formula is C12H17ClN6O. The van der Waals surface area contributed by atoms with Crippen molar-refractivity contribution < 1.29 is 5.11 Å². The molecule has 3 heterocycles. The van der Waals surface area contributed by atoms with Crippen LogP contribution in [0.25, 0.3) is 0 Å². The van der Waals surface area contributed by atoms with Gasteiger partial charge in [0.25, 0.3) is 0 Å². The molecule has 1 saturated heterocycles. The summed E-state index contributed by atoms with van der Waals surface area (Å²) in [4.78, 5) is 2.16. The average Bonchev–Trinajstić information content (AvgIpc) is 3.09. The third-order valence-electron chi connectivity index (χ3n) is 3.87. The fourth-order valence-corrected chi connectivity index (χ4v) is 2.95. The Kier molecular flexibility index (Phi) is 3.27. The molecule has 0 saturated carbocycles. The van der Waals surface area contributed by atoms with Crippen LogP contribution in [0.2, 0.25) is 5.15 Å². The van der Waals surface area contributed by atoms with Gasteiger partial charge in [0.05, 0.1) is 11.9 Å². The van der Waals surface area contributed by atoms with Crippen molar-refractivity contribution in [1.29, 1.82) is 0 Å². The van der Waals surface area contributed by atoms with E-state index in [1.807, 2.05) is 14.0 Å². The van der Waals surface area contributed by atoms with Gasteiger partial charge in [-0.2, -0.15) is 20.5 Å². The van der Waals surface area contributed by atoms with Crippen molar-refractivity contribution in [3.63, 3.8) is 0 Å². The van der Waals surface area contributed by atoms with Gasteiger partial charge in [0.1, 0.15) is 16.4 Å². The zero-order chi connectivity index (χ0) is 14.3. The molecule has 0 aromatic carbocycles. The monoisotopic (exact) mass is 296 g/mol. The molecular weight excluding hydrogens is 280 g/mol. The predicted molar refractivity (Wildman–Crippen MR) is 73.1 cm³/mol. The van der Waals surface area contributed by atoms with E-state index in [0.29, 0.717) is 30.4 Å². The van der Waals surface area contributed by atoms with E-state index in [9.17, 15) is 5.11 Å². The minimum atomic E-state index is -0.935. The van der Waals surface area contributed by atoms with E-state index in [0.717, 1.165) is 17.8 Å². The second-order valence-corrected chi connectivity index (χ2v) is 5.68. The van der Waals surface area contributed by atoms with E-state index in [-0.39, 0.29) is 0 Å². The summed E-state index contributed by atoms with van der Waals surface area (Å²) in [6.07, 6.45) is 2.21. The van der Waals surface area contributed by atoms with Gasteiger partial charge >= 0.3 is 0 Å². The summed E-state index contributed by atoms with van der Waals surface area (Å²) in [5.74, 6) is 0. The summed E-state index contributed by atoms with van der Waals surface area (Å²) >= 11 is 6.25. The van der Waals surface area contributed by atoms with Crippen molar-refractivity contribution in [3.8, 4) is 0 Å². The molecule has 1 aliphatic heterocycles. The number of aromatic nitrogens is 5. The van der Waals surface area contributed by atoms with Crippen molar-refractivity contribution in [2.24, 2.45) is 7.05 Å². The summed E-state index contributed by atoms with van der Waals surface area (Å²) in [5.41, 5.74) is 1.59. The second-order valence-electron chi connectivity index (χ2n) is 5.33. The van der Waals surface area contributed by atoms with Gasteiger partial charge in [-0.05, 0) is 13.3 Å². The molecule has 7 nitrogen and oxygen atoms in total. The maximum absolute atomic E-state index is 10.6. The molecule has 8 heteroatoms. The minimum Gasteiger partial charge on any atom is -0.382 e. The Bertz CT molecular complexity index is 610. The highest BCUT2D eigenvalue weighted by atomic mass is 35.5. The van der Waals surface area contributed by atoms with Crippen LogP contribution < -0.4 is 0 Å². The first-order valence-corrected chi connectivity index (χ1v) is 6.86. The molecule has 0 aliphatic carbocycles. The van der Waals surface area contributed by atoms with Gasteiger partial charge in [-0.25, -0.2) is 0 Å². The molecule has 2 aromatic rings. The molecule has 20 heavy (non-hydrogen) atoms. The zero-order valence-electron chi connectivity index (χ0n) is 11.5. The average molecular weight is 297 g/mol. The largest absolute Gasteiger partial charge is 0.382 e. The Morgan fingerprint density at radius 3 is 2.95 bits per heavy atom. The van der Waals surface area contributed by atoms with E-state index < -0.39 is 5.60 Å². The molecule has 1 unspecified atom stereocenters. The van der Waals surface area contributed by atoms with Crippen LogP contribution in [-0.2, 0) is 19.2 Å². The highest BCUT2D eigenvalue weighted by Crippen LogP contribution is 2.32. The maximum Gasteiger partial charge on any atom is 0.131 e. The molecule has 2 aromatic heterocycles. The number of hydrogen-bond donors (Lipinski definition) is 2. The van der Waals surface area contributed by atoms with Gasteiger partial charge in [-0.1, -0.05) is 11.6 Å². The first-order chi connectivity index (χ1) is 9.49. The number of nitrogens with zero attached hydrogens (tertiary/aromatic N) is 5. The minimum absolute atomic E-state index is 0.518. The van der Waals surface area contributed by atoms with Crippen molar-refractivity contribution in [2.75, 3.05) is 13.1 Å². The number of β-amino-alcohol motifs (C(OH)–C–C–N with tert-alkyl or cyclic N) is 1. The summed E-state index contributed by atoms with van der Waals surface area (Å²) in [6.45, 7) is 3.93. The Hall–Kier alpha value is -1.44. The van der Waals surface area contributed by atoms with Crippen LogP contribution in [0.3, 0.4) is 0 Å². The van der Waals surface area contributed by atoms with Crippen LogP contribution in [-0.4, -0.2) is 48.3 Å². The summed E-state index contributed by atoms with van der Waals surface area (Å²) in [5, 5.41) is 25.9. The van der Waals surface area contributed by atoms with Crippen molar-refractivity contribution >= 4 is 11.6 Å². The van der Waals surface area contributed by atoms with Crippen molar-refractivity contribution in [3.05, 3.63) is 28.3 Å². The standard InChI is InChI=1S/C12H17ClN6O/c1-8-9(11(13)18(2)16-8)6-19-4-3-12(20,7-19)10-5-14-17-15-10/h5,20H,3-4,6-7H2,1-2H3,(H,14,15,17). The van der Waals surface area contributed by atoms with E-state index in [4.69, 9.17) is 11.6 Å². The van der Waals surface area contributed by atoms with Gasteiger partial charge in [0, 0.05) is 32.2 Å². The number of aromatic amines is 1. The molecule has 0 amide bonds. The number of halogens is 1. The lowest BCUT2D eigenvalue weighted by atomic mass is 10.00. The van der Waals surface area contributed by atoms with Gasteiger partial charge in [-0.15, -0.1) is 0 Å². The molecule has 0 bridgehead atoms. The Labute approximate surface area is 121 Å². The first kappa shape index (κ1) is 13.5. The molecule has 1 atom stereocenters. The lowest BCUT2D eigenvalue weighted by Gasteiger charge is -2.21. The summed E-state index contributed by atoms with van der Waals surface area (Å²) in [7, 11) is 1.83. The zero-order valence-corrected chi connectivity index (χ0v) is 12.2. The fourth-order valence-electron chi connectivity index (χ4n) is 2.72. The third-order valence-corrected chi connectivity index (χ3v) is 4.34. The molecule has 0 radical (unpaired) electrons. The van der Waals surface area contributed by atoms with E-state index >= 15 is 0 Å². The van der Waals surface area contributed by atoms with E-state index in [1.54, 1.807) is 10.9 Å². The van der Waals surface area contributed by atoms with Crippen LogP contribution in [0.1, 0.15) is 23.4 Å². The lowest BCUT2D eigenvalue weighted by molar-refractivity contribution is 0.0408. The molecule has 2 N–H and O–H groups in total. The van der Waals surface area contributed by atoms with Gasteiger partial charge in [0.15, 0.2) is 0 Å². The van der Waals surface area contributed by atoms with Crippen LogP contribution in [0.4, 0.5) is 0 Å². The van der Waals surface area contributed by atoms with Gasteiger partial charge in [0.2, 0.25) is 0 Å². The van der Waals surface area contributed by atoms with Crippen molar-refractivity contribution in [1.82, 2.24) is 30.1 Å². The van der Waals surface area contributed by atoms with Crippen LogP contribution in [0.5, 0.6) is 0 Å². The highest BCUT2D eigenvalue weighted by Gasteiger charge is 2.40. The quantitative estimate of drug-likeness (QED) is 0.866. The number of H-pyrrole nitrogens is 1. The van der Waals surface area contributed by atoms with Crippen LogP contribution >= 0.6 is 11.6 Å². The topological polar surface area (TPSA) is 82.9 Å². The molecule has 0 spiro atoms. The van der Waals surface area contributed by atoms with Crippen LogP contribution in [0, 0.1) is 6.92 Å². The number of aliphatic hydroxyl groups is 1. The Morgan fingerprint density at radius 1 is 1.55 bits per heavy atom. The van der Waals surface area contributed by atoms with Crippen molar-refractivity contribution in [2.45, 2.75) is 25.5 Å². The number of aryl methyl sites for hydroxylation is 2. The van der Waals surface area contributed by atoms with E-state index in [2.05, 4.69) is 25.4 Å². The SMILES string of the molecule is Cc1nn(C)c(Cl)c1CN1CCC(O)(c2cn[nH]n2)C1. The first-order valence-electron chi connectivity index (χ1n) is 6.48.